The standard InChI is InChI=1S/C12H17BrN2O/c1-9(2)7-15-12(16)8-14-11-5-3-4-10(13)6-11/h3-6,9,14H,7-8H2,1-2H3,(H,15,16). The number of carbonyl (C=O) groups is 1. The van der Waals surface area contributed by atoms with Gasteiger partial charge in [0.15, 0.2) is 0 Å². The molecule has 0 bridgehead atoms. The molecule has 1 rings (SSSR count). The van der Waals surface area contributed by atoms with Gasteiger partial charge in [-0.25, -0.2) is 0 Å². The third-order valence-corrected chi connectivity index (χ3v) is 2.48. The number of anilines is 1. The van der Waals surface area contributed by atoms with E-state index < -0.39 is 0 Å². The van der Waals surface area contributed by atoms with E-state index in [2.05, 4.69) is 40.4 Å². The van der Waals surface area contributed by atoms with Gasteiger partial charge in [0.1, 0.15) is 0 Å². The van der Waals surface area contributed by atoms with Crippen LogP contribution in [-0.2, 0) is 4.79 Å². The van der Waals surface area contributed by atoms with Crippen LogP contribution in [0, 0.1) is 5.92 Å². The number of halogens is 1. The third-order valence-electron chi connectivity index (χ3n) is 1.99. The highest BCUT2D eigenvalue weighted by Gasteiger charge is 2.01. The van der Waals surface area contributed by atoms with E-state index in [0.717, 1.165) is 16.7 Å². The molecule has 0 unspecified atom stereocenters. The molecular formula is C12H17BrN2O. The van der Waals surface area contributed by atoms with E-state index in [1.165, 1.54) is 0 Å². The molecule has 2 N–H and O–H groups in total. The van der Waals surface area contributed by atoms with Gasteiger partial charge in [-0.3, -0.25) is 4.79 Å². The van der Waals surface area contributed by atoms with Crippen LogP contribution < -0.4 is 10.6 Å². The first-order valence-electron chi connectivity index (χ1n) is 5.34. The predicted octanol–water partition coefficient (Wildman–Crippen LogP) is 2.63. The van der Waals surface area contributed by atoms with E-state index >= 15 is 0 Å². The molecule has 88 valence electrons. The van der Waals surface area contributed by atoms with Crippen LogP contribution in [0.15, 0.2) is 28.7 Å². The number of carbonyl (C=O) groups excluding carboxylic acids is 1. The maximum absolute atomic E-state index is 11.4. The lowest BCUT2D eigenvalue weighted by Gasteiger charge is -2.09. The lowest BCUT2D eigenvalue weighted by molar-refractivity contribution is -0.119. The minimum atomic E-state index is 0.0219. The smallest absolute Gasteiger partial charge is 0.239 e. The Morgan fingerprint density at radius 3 is 2.81 bits per heavy atom. The molecule has 0 fully saturated rings. The van der Waals surface area contributed by atoms with Crippen LogP contribution in [0.1, 0.15) is 13.8 Å². The summed E-state index contributed by atoms with van der Waals surface area (Å²) in [6, 6.07) is 7.75. The van der Waals surface area contributed by atoms with Crippen molar-refractivity contribution in [2.24, 2.45) is 5.92 Å². The summed E-state index contributed by atoms with van der Waals surface area (Å²) in [6.07, 6.45) is 0. The molecule has 0 aromatic heterocycles. The Balaban J connectivity index is 2.31. The van der Waals surface area contributed by atoms with Gasteiger partial charge in [0.05, 0.1) is 6.54 Å². The van der Waals surface area contributed by atoms with Crippen LogP contribution in [0.4, 0.5) is 5.69 Å². The lowest BCUT2D eigenvalue weighted by Crippen LogP contribution is -2.32. The van der Waals surface area contributed by atoms with E-state index in [-0.39, 0.29) is 5.91 Å². The Morgan fingerprint density at radius 1 is 1.44 bits per heavy atom. The minimum absolute atomic E-state index is 0.0219. The van der Waals surface area contributed by atoms with Crippen molar-refractivity contribution in [2.75, 3.05) is 18.4 Å². The molecule has 0 radical (unpaired) electrons. The normalized spacial score (nSPS) is 10.2. The number of nitrogens with one attached hydrogen (secondary N) is 2. The Bertz CT molecular complexity index is 353. The third kappa shape index (κ3) is 5.16. The van der Waals surface area contributed by atoms with E-state index in [0.29, 0.717) is 12.5 Å². The van der Waals surface area contributed by atoms with E-state index in [1.807, 2.05) is 24.3 Å². The highest BCUT2D eigenvalue weighted by Crippen LogP contribution is 2.14. The van der Waals surface area contributed by atoms with Crippen molar-refractivity contribution < 1.29 is 4.79 Å². The minimum Gasteiger partial charge on any atom is -0.376 e. The van der Waals surface area contributed by atoms with Crippen molar-refractivity contribution in [3.8, 4) is 0 Å². The predicted molar refractivity (Wildman–Crippen MR) is 70.5 cm³/mol. The zero-order chi connectivity index (χ0) is 12.0. The zero-order valence-electron chi connectivity index (χ0n) is 9.59. The fourth-order valence-corrected chi connectivity index (χ4v) is 1.56. The first-order chi connectivity index (χ1) is 7.58. The molecule has 1 aromatic rings. The van der Waals surface area contributed by atoms with Gasteiger partial charge < -0.3 is 10.6 Å². The lowest BCUT2D eigenvalue weighted by atomic mass is 10.2. The first kappa shape index (κ1) is 13.0. The molecule has 0 heterocycles. The zero-order valence-corrected chi connectivity index (χ0v) is 11.2. The molecule has 0 saturated heterocycles. The SMILES string of the molecule is CC(C)CNC(=O)CNc1cccc(Br)c1. The topological polar surface area (TPSA) is 41.1 Å². The average Bonchev–Trinajstić information content (AvgIpc) is 2.23. The largest absolute Gasteiger partial charge is 0.376 e. The summed E-state index contributed by atoms with van der Waals surface area (Å²) in [5.74, 6) is 0.503. The molecule has 0 aliphatic carbocycles. The fraction of sp³-hybridized carbons (Fsp3) is 0.417. The first-order valence-corrected chi connectivity index (χ1v) is 6.13. The van der Waals surface area contributed by atoms with Gasteiger partial charge in [-0.2, -0.15) is 0 Å². The average molecular weight is 285 g/mol. The number of rotatable bonds is 5. The summed E-state index contributed by atoms with van der Waals surface area (Å²) in [5, 5.41) is 5.92. The second-order valence-corrected chi connectivity index (χ2v) is 4.98. The molecular weight excluding hydrogens is 268 g/mol. The van der Waals surface area contributed by atoms with Crippen molar-refractivity contribution >= 4 is 27.5 Å². The fourth-order valence-electron chi connectivity index (χ4n) is 1.16. The van der Waals surface area contributed by atoms with Crippen LogP contribution in [-0.4, -0.2) is 19.0 Å². The van der Waals surface area contributed by atoms with Crippen molar-refractivity contribution in [3.05, 3.63) is 28.7 Å². The Kier molecular flexibility index (Phi) is 5.32. The summed E-state index contributed by atoms with van der Waals surface area (Å²) in [7, 11) is 0. The highest BCUT2D eigenvalue weighted by atomic mass is 79.9. The van der Waals surface area contributed by atoms with Crippen molar-refractivity contribution in [1.82, 2.24) is 5.32 Å². The molecule has 1 aromatic carbocycles. The summed E-state index contributed by atoms with van der Waals surface area (Å²) in [6.45, 7) is 5.17. The highest BCUT2D eigenvalue weighted by molar-refractivity contribution is 9.10. The summed E-state index contributed by atoms with van der Waals surface area (Å²) in [5.41, 5.74) is 0.939. The molecule has 0 atom stereocenters. The van der Waals surface area contributed by atoms with Crippen molar-refractivity contribution in [1.29, 1.82) is 0 Å². The van der Waals surface area contributed by atoms with Gasteiger partial charge in [-0.1, -0.05) is 35.8 Å². The summed E-state index contributed by atoms with van der Waals surface area (Å²) >= 11 is 3.38. The molecule has 0 saturated carbocycles. The molecule has 0 spiro atoms. The van der Waals surface area contributed by atoms with Crippen LogP contribution in [0.25, 0.3) is 0 Å². The second kappa shape index (κ2) is 6.53. The van der Waals surface area contributed by atoms with E-state index in [9.17, 15) is 4.79 Å². The van der Waals surface area contributed by atoms with Crippen molar-refractivity contribution in [3.63, 3.8) is 0 Å². The Labute approximate surface area is 105 Å². The van der Waals surface area contributed by atoms with Gasteiger partial charge in [0.25, 0.3) is 0 Å². The number of hydrogen-bond donors (Lipinski definition) is 2. The number of hydrogen-bond acceptors (Lipinski definition) is 2. The maximum atomic E-state index is 11.4. The summed E-state index contributed by atoms with van der Waals surface area (Å²) in [4.78, 5) is 11.4. The Hall–Kier alpha value is -1.03. The quantitative estimate of drug-likeness (QED) is 0.873. The molecule has 3 nitrogen and oxygen atoms in total. The van der Waals surface area contributed by atoms with Gasteiger partial charge >= 0.3 is 0 Å². The maximum Gasteiger partial charge on any atom is 0.239 e. The summed E-state index contributed by atoms with van der Waals surface area (Å²) < 4.78 is 1.00. The molecule has 1 amide bonds. The van der Waals surface area contributed by atoms with Gasteiger partial charge in [0.2, 0.25) is 5.91 Å². The molecule has 4 heteroatoms. The van der Waals surface area contributed by atoms with E-state index in [1.54, 1.807) is 0 Å². The van der Waals surface area contributed by atoms with Gasteiger partial charge in [0, 0.05) is 16.7 Å². The molecule has 0 aliphatic heterocycles. The van der Waals surface area contributed by atoms with Gasteiger partial charge in [-0.15, -0.1) is 0 Å². The number of benzene rings is 1. The van der Waals surface area contributed by atoms with Crippen LogP contribution >= 0.6 is 15.9 Å². The van der Waals surface area contributed by atoms with Crippen LogP contribution in [0.5, 0.6) is 0 Å². The van der Waals surface area contributed by atoms with Gasteiger partial charge in [-0.05, 0) is 24.1 Å². The van der Waals surface area contributed by atoms with E-state index in [4.69, 9.17) is 0 Å². The molecule has 0 aliphatic rings. The number of amides is 1. The second-order valence-electron chi connectivity index (χ2n) is 4.06. The monoisotopic (exact) mass is 284 g/mol. The Morgan fingerprint density at radius 2 is 2.19 bits per heavy atom. The van der Waals surface area contributed by atoms with Crippen LogP contribution in [0.3, 0.4) is 0 Å². The molecule has 16 heavy (non-hydrogen) atoms. The van der Waals surface area contributed by atoms with Crippen LogP contribution in [0.2, 0.25) is 0 Å². The van der Waals surface area contributed by atoms with Crippen molar-refractivity contribution in [2.45, 2.75) is 13.8 Å².